The van der Waals surface area contributed by atoms with Crippen LogP contribution in [0.15, 0.2) is 0 Å². The minimum absolute atomic E-state index is 0. The Kier molecular flexibility index (Phi) is 8.47. The topological polar surface area (TPSA) is 35.6 Å². The van der Waals surface area contributed by atoms with Crippen LogP contribution in [0.4, 0.5) is 0 Å². The molecule has 1 N–H and O–H groups in total. The smallest absolute Gasteiger partial charge is 0.236 e. The van der Waals surface area contributed by atoms with Gasteiger partial charge < -0.3 is 10.2 Å². The predicted octanol–water partition coefficient (Wildman–Crippen LogP) is 2.16. The lowest BCUT2D eigenvalue weighted by Crippen LogP contribution is -2.50. The Morgan fingerprint density at radius 3 is 2.27 bits per heavy atom. The molecule has 0 aromatic heterocycles. The fourth-order valence-electron chi connectivity index (χ4n) is 4.33. The molecule has 4 nitrogen and oxygen atoms in total. The maximum Gasteiger partial charge on any atom is 0.236 e. The Morgan fingerprint density at radius 1 is 1.09 bits per heavy atom. The number of fused-ring (bicyclic) bond motifs is 2. The molecule has 1 amide bonds. The van der Waals surface area contributed by atoms with E-state index in [-0.39, 0.29) is 24.8 Å². The van der Waals surface area contributed by atoms with E-state index in [1.165, 1.54) is 38.5 Å². The van der Waals surface area contributed by atoms with Crippen LogP contribution in [0.2, 0.25) is 0 Å². The van der Waals surface area contributed by atoms with Crippen molar-refractivity contribution in [2.75, 3.05) is 39.8 Å². The van der Waals surface area contributed by atoms with E-state index in [0.717, 1.165) is 38.0 Å². The summed E-state index contributed by atoms with van der Waals surface area (Å²) in [5.41, 5.74) is 0. The van der Waals surface area contributed by atoms with Crippen LogP contribution in [-0.2, 0) is 4.79 Å². The number of likely N-dealkylation sites (tertiary alicyclic amines) is 1. The van der Waals surface area contributed by atoms with Crippen LogP contribution in [0.25, 0.3) is 0 Å². The highest BCUT2D eigenvalue weighted by Crippen LogP contribution is 2.34. The molecule has 2 bridgehead atoms. The van der Waals surface area contributed by atoms with Gasteiger partial charge in [-0.05, 0) is 64.1 Å². The maximum atomic E-state index is 12.6. The van der Waals surface area contributed by atoms with Crippen molar-refractivity contribution in [2.45, 2.75) is 44.6 Å². The maximum absolute atomic E-state index is 12.6. The summed E-state index contributed by atoms with van der Waals surface area (Å²) < 4.78 is 0. The van der Waals surface area contributed by atoms with Gasteiger partial charge in [0.1, 0.15) is 0 Å². The number of nitrogens with zero attached hydrogens (tertiary/aromatic N) is 2. The third-order valence-corrected chi connectivity index (χ3v) is 5.52. The third kappa shape index (κ3) is 4.98. The van der Waals surface area contributed by atoms with Gasteiger partial charge in [0, 0.05) is 19.1 Å². The Bertz CT molecular complexity index is 338. The summed E-state index contributed by atoms with van der Waals surface area (Å²) in [5.74, 6) is 1.94. The normalized spacial score (nSPS) is 28.7. The second-order valence-electron chi connectivity index (χ2n) is 7.09. The molecule has 2 aliphatic heterocycles. The number of amides is 1. The summed E-state index contributed by atoms with van der Waals surface area (Å²) in [6, 6.07) is 0.587. The number of hydrogen-bond donors (Lipinski definition) is 1. The van der Waals surface area contributed by atoms with Crippen molar-refractivity contribution in [1.29, 1.82) is 0 Å². The Labute approximate surface area is 147 Å². The van der Waals surface area contributed by atoms with Crippen LogP contribution in [0.3, 0.4) is 0 Å². The molecule has 0 spiro atoms. The molecule has 1 saturated carbocycles. The molecule has 2 unspecified atom stereocenters. The lowest BCUT2D eigenvalue weighted by atomic mass is 9.78. The zero-order valence-electron chi connectivity index (χ0n) is 13.6. The van der Waals surface area contributed by atoms with Gasteiger partial charge in [-0.25, -0.2) is 0 Å². The van der Waals surface area contributed by atoms with E-state index in [1.54, 1.807) is 0 Å². The summed E-state index contributed by atoms with van der Waals surface area (Å²) in [7, 11) is 2.12. The van der Waals surface area contributed by atoms with E-state index in [1.807, 2.05) is 0 Å². The van der Waals surface area contributed by atoms with Crippen molar-refractivity contribution in [3.63, 3.8) is 0 Å². The molecular formula is C16H31Cl2N3O. The van der Waals surface area contributed by atoms with Crippen molar-refractivity contribution < 1.29 is 4.79 Å². The van der Waals surface area contributed by atoms with Gasteiger partial charge in [0.2, 0.25) is 5.91 Å². The quantitative estimate of drug-likeness (QED) is 0.846. The molecule has 2 saturated heterocycles. The number of nitrogens with one attached hydrogen (secondary N) is 1. The molecule has 130 valence electrons. The van der Waals surface area contributed by atoms with Gasteiger partial charge in [0.15, 0.2) is 0 Å². The number of hydrogen-bond acceptors (Lipinski definition) is 3. The summed E-state index contributed by atoms with van der Waals surface area (Å²) in [6.45, 7) is 4.85. The Hall–Kier alpha value is -0.0300. The molecule has 0 radical (unpaired) electrons. The van der Waals surface area contributed by atoms with Gasteiger partial charge in [-0.1, -0.05) is 6.42 Å². The number of carbonyl (C=O) groups is 1. The van der Waals surface area contributed by atoms with E-state index in [2.05, 4.69) is 22.2 Å². The number of halogens is 2. The van der Waals surface area contributed by atoms with E-state index >= 15 is 0 Å². The molecular weight excluding hydrogens is 321 g/mol. The van der Waals surface area contributed by atoms with Crippen LogP contribution < -0.4 is 5.32 Å². The van der Waals surface area contributed by atoms with E-state index < -0.39 is 0 Å². The average molecular weight is 352 g/mol. The van der Waals surface area contributed by atoms with Gasteiger partial charge in [-0.2, -0.15) is 0 Å². The van der Waals surface area contributed by atoms with E-state index in [9.17, 15) is 4.79 Å². The van der Waals surface area contributed by atoms with E-state index in [0.29, 0.717) is 18.5 Å². The highest BCUT2D eigenvalue weighted by Gasteiger charge is 2.33. The first-order valence-corrected chi connectivity index (χ1v) is 8.41. The van der Waals surface area contributed by atoms with Crippen molar-refractivity contribution in [3.05, 3.63) is 0 Å². The molecule has 6 heteroatoms. The van der Waals surface area contributed by atoms with Crippen molar-refractivity contribution >= 4 is 30.7 Å². The molecule has 0 aromatic rings. The molecule has 2 atom stereocenters. The second kappa shape index (κ2) is 9.31. The zero-order valence-corrected chi connectivity index (χ0v) is 15.3. The SMILES string of the molecule is CN(CC(=O)N1CC2CCCC(C2)C1)C1CCNCC1.Cl.Cl. The zero-order chi connectivity index (χ0) is 13.9. The van der Waals surface area contributed by atoms with Crippen molar-refractivity contribution in [3.8, 4) is 0 Å². The molecule has 1 aliphatic carbocycles. The highest BCUT2D eigenvalue weighted by molar-refractivity contribution is 5.85. The monoisotopic (exact) mass is 351 g/mol. The van der Waals surface area contributed by atoms with Crippen LogP contribution >= 0.6 is 24.8 Å². The van der Waals surface area contributed by atoms with Gasteiger partial charge in [-0.15, -0.1) is 24.8 Å². The fourth-order valence-corrected chi connectivity index (χ4v) is 4.33. The molecule has 3 fully saturated rings. The minimum Gasteiger partial charge on any atom is -0.341 e. The first kappa shape index (κ1) is 20.0. The molecule has 2 heterocycles. The number of rotatable bonds is 3. The summed E-state index contributed by atoms with van der Waals surface area (Å²) in [5, 5.41) is 3.39. The van der Waals surface area contributed by atoms with Gasteiger partial charge in [0.25, 0.3) is 0 Å². The Morgan fingerprint density at radius 2 is 1.68 bits per heavy atom. The Balaban J connectivity index is 0.00000121. The van der Waals surface area contributed by atoms with Gasteiger partial charge >= 0.3 is 0 Å². The van der Waals surface area contributed by atoms with Crippen molar-refractivity contribution in [1.82, 2.24) is 15.1 Å². The summed E-state index contributed by atoms with van der Waals surface area (Å²) in [4.78, 5) is 17.0. The van der Waals surface area contributed by atoms with Crippen LogP contribution in [-0.4, -0.2) is 61.5 Å². The second-order valence-corrected chi connectivity index (χ2v) is 7.09. The molecule has 0 aromatic carbocycles. The largest absolute Gasteiger partial charge is 0.341 e. The predicted molar refractivity (Wildman–Crippen MR) is 95.0 cm³/mol. The lowest BCUT2D eigenvalue weighted by molar-refractivity contribution is -0.136. The number of carbonyl (C=O) groups excluding carboxylic acids is 1. The van der Waals surface area contributed by atoms with Crippen LogP contribution in [0.1, 0.15) is 38.5 Å². The number of likely N-dealkylation sites (N-methyl/N-ethyl adjacent to an activating group) is 1. The highest BCUT2D eigenvalue weighted by atomic mass is 35.5. The van der Waals surface area contributed by atoms with Crippen molar-refractivity contribution in [2.24, 2.45) is 11.8 Å². The van der Waals surface area contributed by atoms with Gasteiger partial charge in [0.05, 0.1) is 6.54 Å². The van der Waals surface area contributed by atoms with Crippen LogP contribution in [0.5, 0.6) is 0 Å². The fraction of sp³-hybridized carbons (Fsp3) is 0.938. The summed E-state index contributed by atoms with van der Waals surface area (Å²) in [6.07, 6.45) is 7.78. The average Bonchev–Trinajstić information content (AvgIpc) is 2.47. The first-order valence-electron chi connectivity index (χ1n) is 8.41. The minimum atomic E-state index is 0. The first-order chi connectivity index (χ1) is 9.72. The standard InChI is InChI=1S/C16H29N3O.2ClH/c1-18(15-5-7-17-8-6-15)12-16(20)19-10-13-3-2-4-14(9-13)11-19;;/h13-15,17H,2-12H2,1H3;2*1H. The van der Waals surface area contributed by atoms with E-state index in [4.69, 9.17) is 0 Å². The van der Waals surface area contributed by atoms with Gasteiger partial charge in [-0.3, -0.25) is 9.69 Å². The molecule has 3 aliphatic rings. The molecule has 22 heavy (non-hydrogen) atoms. The third-order valence-electron chi connectivity index (χ3n) is 5.52. The summed E-state index contributed by atoms with van der Waals surface area (Å²) >= 11 is 0. The van der Waals surface area contributed by atoms with Crippen LogP contribution in [0, 0.1) is 11.8 Å². The molecule has 3 rings (SSSR count). The lowest BCUT2D eigenvalue weighted by Gasteiger charge is -2.42. The number of piperidine rings is 2.